The average Bonchev–Trinajstić information content (AvgIpc) is 3.24. The number of para-hydroxylation sites is 1. The van der Waals surface area contributed by atoms with E-state index in [0.29, 0.717) is 17.1 Å². The number of carboxylic acid groups (broad SMARTS) is 1. The van der Waals surface area contributed by atoms with Crippen molar-refractivity contribution < 1.29 is 19.4 Å². The number of allylic oxidation sites excluding steroid dienone is 1. The predicted octanol–water partition coefficient (Wildman–Crippen LogP) is 6.60. The molecule has 0 saturated heterocycles. The van der Waals surface area contributed by atoms with Gasteiger partial charge in [-0.1, -0.05) is 87.5 Å². The van der Waals surface area contributed by atoms with E-state index in [0.717, 1.165) is 11.8 Å². The summed E-state index contributed by atoms with van der Waals surface area (Å²) in [6.07, 6.45) is 1.52. The van der Waals surface area contributed by atoms with E-state index in [1.807, 2.05) is 44.2 Å². The first-order valence-corrected chi connectivity index (χ1v) is 11.9. The van der Waals surface area contributed by atoms with Gasteiger partial charge in [0.15, 0.2) is 0 Å². The van der Waals surface area contributed by atoms with Crippen LogP contribution in [0.2, 0.25) is 0 Å². The minimum atomic E-state index is -1.43. The van der Waals surface area contributed by atoms with Gasteiger partial charge in [-0.2, -0.15) is 5.26 Å². The molecule has 2 aromatic carbocycles. The molecule has 1 N–H and O–H groups in total. The number of benzene rings is 2. The molecule has 1 aliphatic carbocycles. The number of ether oxygens (including phenoxy) is 1. The Bertz CT molecular complexity index is 1120. The van der Waals surface area contributed by atoms with Gasteiger partial charge in [-0.05, 0) is 35.2 Å². The lowest BCUT2D eigenvalue weighted by Gasteiger charge is -2.22. The Morgan fingerprint density at radius 1 is 1.15 bits per heavy atom. The maximum atomic E-state index is 12.6. The molecule has 0 aromatic heterocycles. The monoisotopic (exact) mass is 483 g/mol. The number of hydrogen-bond acceptors (Lipinski definition) is 5. The molecule has 0 radical (unpaired) electrons. The van der Waals surface area contributed by atoms with Crippen molar-refractivity contribution in [3.8, 4) is 17.6 Å². The molecule has 1 fully saturated rings. The maximum Gasteiger partial charge on any atom is 0.312 e. The number of carbonyl (C=O) groups is 2. The number of nitrogens with zero attached hydrogens (tertiary/aromatic N) is 1. The summed E-state index contributed by atoms with van der Waals surface area (Å²) < 4.78 is 5.88. The van der Waals surface area contributed by atoms with Crippen LogP contribution < -0.4 is 4.74 Å². The van der Waals surface area contributed by atoms with Crippen molar-refractivity contribution in [2.75, 3.05) is 0 Å². The molecule has 0 bridgehead atoms. The highest BCUT2D eigenvalue weighted by molar-refractivity contribution is 8.14. The fraction of sp³-hybridized carbons (Fsp3) is 0.346. The summed E-state index contributed by atoms with van der Waals surface area (Å²) in [5, 5.41) is 20.2. The second-order valence-electron chi connectivity index (χ2n) is 8.89. The van der Waals surface area contributed by atoms with Crippen LogP contribution in [0.15, 0.2) is 65.7 Å². The maximum absolute atomic E-state index is 12.6. The van der Waals surface area contributed by atoms with Crippen molar-refractivity contribution in [2.24, 2.45) is 16.7 Å². The van der Waals surface area contributed by atoms with Crippen LogP contribution in [0, 0.1) is 28.1 Å². The molecule has 5 nitrogen and oxygen atoms in total. The van der Waals surface area contributed by atoms with Crippen LogP contribution in [0.4, 0.5) is 0 Å². The zero-order valence-corrected chi connectivity index (χ0v) is 20.5. The molecule has 172 valence electrons. The van der Waals surface area contributed by atoms with Gasteiger partial charge >= 0.3 is 5.97 Å². The summed E-state index contributed by atoms with van der Waals surface area (Å²) in [5.74, 6) is -1.51. The van der Waals surface area contributed by atoms with E-state index in [1.54, 1.807) is 38.1 Å². The molecule has 0 aliphatic heterocycles. The molecule has 0 spiro atoms. The van der Waals surface area contributed by atoms with E-state index in [1.165, 1.54) is 6.08 Å². The van der Waals surface area contributed by atoms with E-state index in [4.69, 9.17) is 16.3 Å². The van der Waals surface area contributed by atoms with Gasteiger partial charge in [-0.3, -0.25) is 9.59 Å². The fourth-order valence-corrected chi connectivity index (χ4v) is 5.44. The molecule has 1 saturated carbocycles. The van der Waals surface area contributed by atoms with Crippen LogP contribution in [0.25, 0.3) is 0 Å². The third kappa shape index (κ3) is 4.66. The number of carbonyl (C=O) groups excluding carboxylic acids is 1. The minimum Gasteiger partial charge on any atom is -0.481 e. The quantitative estimate of drug-likeness (QED) is 0.425. The summed E-state index contributed by atoms with van der Waals surface area (Å²) in [4.78, 5) is 25.0. The van der Waals surface area contributed by atoms with Gasteiger partial charge in [0.05, 0.1) is 17.0 Å². The Hall–Kier alpha value is -2.75. The van der Waals surface area contributed by atoms with Crippen molar-refractivity contribution in [2.45, 2.75) is 38.9 Å². The van der Waals surface area contributed by atoms with E-state index < -0.39 is 28.6 Å². The molecule has 0 heterocycles. The number of carboxylic acids is 1. The van der Waals surface area contributed by atoms with Crippen LogP contribution in [-0.2, 0) is 9.59 Å². The molecule has 0 amide bonds. The van der Waals surface area contributed by atoms with Crippen molar-refractivity contribution in [1.29, 1.82) is 5.26 Å². The molecule has 1 aliphatic rings. The second-order valence-corrected chi connectivity index (χ2v) is 10.8. The summed E-state index contributed by atoms with van der Waals surface area (Å²) in [6.45, 7) is 7.35. The van der Waals surface area contributed by atoms with Gasteiger partial charge < -0.3 is 9.84 Å². The summed E-state index contributed by atoms with van der Waals surface area (Å²) in [7, 11) is 0. The van der Waals surface area contributed by atoms with Crippen LogP contribution >= 0.6 is 23.4 Å². The molecule has 7 heteroatoms. The van der Waals surface area contributed by atoms with E-state index in [2.05, 4.69) is 6.07 Å². The number of aliphatic carboxylic acids is 1. The Labute approximate surface area is 203 Å². The van der Waals surface area contributed by atoms with Gasteiger partial charge in [0.1, 0.15) is 16.9 Å². The lowest BCUT2D eigenvalue weighted by molar-refractivity contribution is -0.145. The molecular formula is C26H26ClNO4S. The summed E-state index contributed by atoms with van der Waals surface area (Å²) in [6, 6.07) is 18.3. The van der Waals surface area contributed by atoms with Crippen LogP contribution in [0.3, 0.4) is 0 Å². The van der Waals surface area contributed by atoms with Crippen molar-refractivity contribution in [3.63, 3.8) is 0 Å². The number of halogens is 1. The van der Waals surface area contributed by atoms with Gasteiger partial charge in [0.25, 0.3) is 0 Å². The first kappa shape index (κ1) is 24.9. The van der Waals surface area contributed by atoms with E-state index in [-0.39, 0.29) is 15.4 Å². The highest BCUT2D eigenvalue weighted by atomic mass is 35.5. The molecule has 3 atom stereocenters. The smallest absolute Gasteiger partial charge is 0.312 e. The lowest BCUT2D eigenvalue weighted by atomic mass is 9.78. The zero-order valence-electron chi connectivity index (χ0n) is 18.9. The average molecular weight is 484 g/mol. The number of nitriles is 1. The third-order valence-corrected chi connectivity index (χ3v) is 7.53. The largest absolute Gasteiger partial charge is 0.481 e. The number of thioether (sulfide) groups is 1. The zero-order chi connectivity index (χ0) is 24.4. The normalized spacial score (nSPS) is 22.3. The van der Waals surface area contributed by atoms with Crippen molar-refractivity contribution in [1.82, 2.24) is 0 Å². The van der Waals surface area contributed by atoms with Crippen molar-refractivity contribution >= 4 is 34.4 Å². The highest BCUT2D eigenvalue weighted by Gasteiger charge is 2.78. The van der Waals surface area contributed by atoms with Crippen molar-refractivity contribution in [3.05, 3.63) is 71.3 Å². The van der Waals surface area contributed by atoms with Crippen LogP contribution in [0.1, 0.15) is 39.2 Å². The Morgan fingerprint density at radius 3 is 2.36 bits per heavy atom. The highest BCUT2D eigenvalue weighted by Crippen LogP contribution is 2.75. The Morgan fingerprint density at radius 2 is 1.79 bits per heavy atom. The standard InChI is InChI=1S/C26H26ClNO4S/c1-16(2)33-23(29)21(27)14-22-25(3,4)26(22,24(30)31)20(15-28)17-9-8-12-19(13-17)32-18-10-6-5-7-11-18/h5-14,16,20,22H,1-4H3,(H,30,31)/t20?,22-,26+/m0/s1. The van der Waals surface area contributed by atoms with E-state index in [9.17, 15) is 20.0 Å². The second kappa shape index (κ2) is 9.62. The SMILES string of the molecule is CC(C)SC(=O)C(Cl)=C[C@H]1C(C)(C)[C@]1(C(=O)O)C(C#N)c1cccc(Oc2ccccc2)c1. The van der Waals surface area contributed by atoms with Gasteiger partial charge in [0, 0.05) is 11.2 Å². The topological polar surface area (TPSA) is 87.4 Å². The predicted molar refractivity (Wildman–Crippen MR) is 130 cm³/mol. The first-order valence-electron chi connectivity index (χ1n) is 10.6. The molecule has 33 heavy (non-hydrogen) atoms. The van der Waals surface area contributed by atoms with Gasteiger partial charge in [0.2, 0.25) is 5.12 Å². The Balaban J connectivity index is 1.98. The first-order chi connectivity index (χ1) is 15.5. The van der Waals surface area contributed by atoms with Gasteiger partial charge in [-0.25, -0.2) is 0 Å². The number of hydrogen-bond donors (Lipinski definition) is 1. The molecule has 3 rings (SSSR count). The van der Waals surface area contributed by atoms with E-state index >= 15 is 0 Å². The van der Waals surface area contributed by atoms with Crippen LogP contribution in [0.5, 0.6) is 11.5 Å². The summed E-state index contributed by atoms with van der Waals surface area (Å²) in [5.41, 5.74) is -1.69. The molecular weight excluding hydrogens is 458 g/mol. The number of rotatable bonds is 8. The Kier molecular flexibility index (Phi) is 7.26. The molecule has 1 unspecified atom stereocenters. The minimum absolute atomic E-state index is 0.00671. The lowest BCUT2D eigenvalue weighted by Crippen LogP contribution is -2.28. The molecule has 2 aromatic rings. The fourth-order valence-electron chi connectivity index (χ4n) is 4.57. The third-order valence-electron chi connectivity index (χ3n) is 6.21. The summed E-state index contributed by atoms with van der Waals surface area (Å²) >= 11 is 7.36. The van der Waals surface area contributed by atoms with Gasteiger partial charge in [-0.15, -0.1) is 0 Å². The van der Waals surface area contributed by atoms with Crippen LogP contribution in [-0.4, -0.2) is 21.4 Å².